The van der Waals surface area contributed by atoms with Gasteiger partial charge in [0.2, 0.25) is 5.28 Å². The first-order valence-electron chi connectivity index (χ1n) is 7.96. The van der Waals surface area contributed by atoms with Crippen LogP contribution in [-0.4, -0.2) is 33.4 Å². The van der Waals surface area contributed by atoms with Gasteiger partial charge in [-0.1, -0.05) is 13.8 Å². The van der Waals surface area contributed by atoms with Crippen molar-refractivity contribution in [3.63, 3.8) is 0 Å². The second kappa shape index (κ2) is 7.14. The first kappa shape index (κ1) is 16.8. The van der Waals surface area contributed by atoms with Crippen LogP contribution in [0.25, 0.3) is 11.0 Å². The van der Waals surface area contributed by atoms with Gasteiger partial charge in [0.15, 0.2) is 0 Å². The van der Waals surface area contributed by atoms with E-state index in [1.807, 2.05) is 27.7 Å². The molecule has 0 radical (unpaired) electrons. The summed E-state index contributed by atoms with van der Waals surface area (Å²) in [5.74, 6) is 0.0702. The zero-order valence-corrected chi connectivity index (χ0v) is 14.5. The predicted octanol–water partition coefficient (Wildman–Crippen LogP) is 4.53. The van der Waals surface area contributed by atoms with Gasteiger partial charge in [0.1, 0.15) is 0 Å². The van der Waals surface area contributed by atoms with Crippen molar-refractivity contribution in [2.45, 2.75) is 46.6 Å². The summed E-state index contributed by atoms with van der Waals surface area (Å²) in [5, 5.41) is 0.466. The van der Waals surface area contributed by atoms with Crippen molar-refractivity contribution in [1.29, 1.82) is 0 Å². The van der Waals surface area contributed by atoms with Crippen molar-refractivity contribution in [1.82, 2.24) is 14.5 Å². The number of aromatic nitrogens is 2. The average Bonchev–Trinajstić information content (AvgIpc) is 2.81. The Morgan fingerprint density at radius 3 is 2.45 bits per heavy atom. The number of carbonyl (C=O) groups is 1. The molecular weight excluding hydrogens is 298 g/mol. The van der Waals surface area contributed by atoms with Crippen LogP contribution in [-0.2, 0) is 0 Å². The highest BCUT2D eigenvalue weighted by Crippen LogP contribution is 2.25. The molecule has 2 rings (SSSR count). The van der Waals surface area contributed by atoms with Gasteiger partial charge in [-0.3, -0.25) is 4.79 Å². The van der Waals surface area contributed by atoms with E-state index >= 15 is 0 Å². The molecule has 120 valence electrons. The Labute approximate surface area is 137 Å². The van der Waals surface area contributed by atoms with Gasteiger partial charge in [-0.15, -0.1) is 0 Å². The first-order valence-corrected chi connectivity index (χ1v) is 8.34. The summed E-state index contributed by atoms with van der Waals surface area (Å²) in [5.41, 5.74) is 2.42. The van der Waals surface area contributed by atoms with Crippen molar-refractivity contribution in [3.8, 4) is 0 Å². The predicted molar refractivity (Wildman–Crippen MR) is 91.6 cm³/mol. The lowest BCUT2D eigenvalue weighted by molar-refractivity contribution is 0.0755. The Morgan fingerprint density at radius 1 is 1.27 bits per heavy atom. The number of nitrogens with zero attached hydrogens (tertiary/aromatic N) is 3. The van der Waals surface area contributed by atoms with Gasteiger partial charge in [-0.2, -0.15) is 0 Å². The first-order chi connectivity index (χ1) is 10.5. The van der Waals surface area contributed by atoms with E-state index < -0.39 is 0 Å². The fourth-order valence-corrected chi connectivity index (χ4v) is 3.11. The van der Waals surface area contributed by atoms with Crippen LogP contribution in [0.15, 0.2) is 18.2 Å². The third-order valence-electron chi connectivity index (χ3n) is 3.68. The molecule has 0 bridgehead atoms. The summed E-state index contributed by atoms with van der Waals surface area (Å²) in [4.78, 5) is 18.9. The topological polar surface area (TPSA) is 38.1 Å². The van der Waals surface area contributed by atoms with Gasteiger partial charge in [0.25, 0.3) is 5.91 Å². The van der Waals surface area contributed by atoms with Crippen molar-refractivity contribution in [2.24, 2.45) is 0 Å². The molecule has 4 nitrogen and oxygen atoms in total. The summed E-state index contributed by atoms with van der Waals surface area (Å²) >= 11 is 6.21. The molecule has 22 heavy (non-hydrogen) atoms. The van der Waals surface area contributed by atoms with Crippen LogP contribution in [0.3, 0.4) is 0 Å². The molecule has 1 aromatic carbocycles. The van der Waals surface area contributed by atoms with Crippen molar-refractivity contribution >= 4 is 28.5 Å². The second-order valence-corrected chi connectivity index (χ2v) is 6.18. The molecule has 0 spiro atoms. The smallest absolute Gasteiger partial charge is 0.253 e. The number of carbonyl (C=O) groups excluding carboxylic acids is 1. The van der Waals surface area contributed by atoms with E-state index in [9.17, 15) is 4.79 Å². The molecule has 0 aliphatic rings. The third kappa shape index (κ3) is 3.27. The minimum Gasteiger partial charge on any atom is -0.339 e. The quantitative estimate of drug-likeness (QED) is 0.783. The zero-order valence-electron chi connectivity index (χ0n) is 13.8. The van der Waals surface area contributed by atoms with E-state index in [-0.39, 0.29) is 11.9 Å². The van der Waals surface area contributed by atoms with E-state index in [0.29, 0.717) is 10.8 Å². The number of benzene rings is 1. The van der Waals surface area contributed by atoms with Crippen molar-refractivity contribution in [2.75, 3.05) is 13.1 Å². The molecule has 5 heteroatoms. The molecule has 0 N–H and O–H groups in total. The van der Waals surface area contributed by atoms with Gasteiger partial charge in [0.05, 0.1) is 11.0 Å². The lowest BCUT2D eigenvalue weighted by Crippen LogP contribution is -2.32. The summed E-state index contributed by atoms with van der Waals surface area (Å²) in [6.07, 6.45) is 1.92. The van der Waals surface area contributed by atoms with Crippen LogP contribution in [0, 0.1) is 0 Å². The lowest BCUT2D eigenvalue weighted by Gasteiger charge is -2.21. The van der Waals surface area contributed by atoms with E-state index in [2.05, 4.69) is 32.7 Å². The maximum absolute atomic E-state index is 12.7. The number of amides is 1. The Kier molecular flexibility index (Phi) is 5.46. The van der Waals surface area contributed by atoms with Crippen LogP contribution in [0.1, 0.15) is 56.9 Å². The number of hydrogen-bond donors (Lipinski definition) is 0. The molecule has 0 atom stereocenters. The second-order valence-electron chi connectivity index (χ2n) is 5.84. The van der Waals surface area contributed by atoms with Gasteiger partial charge in [-0.05, 0) is 56.5 Å². The van der Waals surface area contributed by atoms with E-state index in [4.69, 9.17) is 11.6 Å². The third-order valence-corrected chi connectivity index (χ3v) is 3.95. The van der Waals surface area contributed by atoms with Crippen molar-refractivity contribution < 1.29 is 4.79 Å². The van der Waals surface area contributed by atoms with E-state index in [0.717, 1.165) is 37.0 Å². The summed E-state index contributed by atoms with van der Waals surface area (Å²) in [7, 11) is 0. The minimum absolute atomic E-state index is 0.0702. The van der Waals surface area contributed by atoms with Gasteiger partial charge in [0, 0.05) is 24.7 Å². The van der Waals surface area contributed by atoms with Crippen LogP contribution in [0.5, 0.6) is 0 Å². The fraction of sp³-hybridized carbons (Fsp3) is 0.529. The monoisotopic (exact) mass is 321 g/mol. The highest BCUT2D eigenvalue weighted by Gasteiger charge is 2.17. The number of fused-ring (bicyclic) bond motifs is 1. The minimum atomic E-state index is 0.0702. The number of halogens is 1. The lowest BCUT2D eigenvalue weighted by atomic mass is 10.1. The molecular formula is C17H24ClN3O. The molecule has 0 fully saturated rings. The Morgan fingerprint density at radius 2 is 1.91 bits per heavy atom. The molecule has 1 heterocycles. The highest BCUT2D eigenvalue weighted by molar-refractivity contribution is 6.29. The Hall–Kier alpha value is -1.55. The van der Waals surface area contributed by atoms with E-state index in [1.54, 1.807) is 0 Å². The maximum atomic E-state index is 12.7. The standard InChI is InChI=1S/C17H24ClN3O/c1-5-9-20(10-6-2)16(22)13-7-8-15-14(11-13)19-17(18)21(15)12(3)4/h7-8,11-12H,5-6,9-10H2,1-4H3. The maximum Gasteiger partial charge on any atom is 0.253 e. The number of hydrogen-bond acceptors (Lipinski definition) is 2. The molecule has 1 amide bonds. The highest BCUT2D eigenvalue weighted by atomic mass is 35.5. The van der Waals surface area contributed by atoms with Gasteiger partial charge < -0.3 is 9.47 Å². The molecule has 0 unspecified atom stereocenters. The van der Waals surface area contributed by atoms with Gasteiger partial charge in [-0.25, -0.2) is 4.98 Å². The zero-order chi connectivity index (χ0) is 16.3. The normalized spacial score (nSPS) is 11.4. The van der Waals surface area contributed by atoms with Crippen LogP contribution in [0.2, 0.25) is 5.28 Å². The molecule has 0 saturated heterocycles. The molecule has 0 aliphatic heterocycles. The van der Waals surface area contributed by atoms with Crippen LogP contribution in [0.4, 0.5) is 0 Å². The summed E-state index contributed by atoms with van der Waals surface area (Å²) < 4.78 is 1.97. The molecule has 2 aromatic rings. The van der Waals surface area contributed by atoms with Crippen LogP contribution < -0.4 is 0 Å². The summed E-state index contributed by atoms with van der Waals surface area (Å²) in [6, 6.07) is 5.90. The van der Waals surface area contributed by atoms with Crippen molar-refractivity contribution in [3.05, 3.63) is 29.0 Å². The largest absolute Gasteiger partial charge is 0.339 e. The van der Waals surface area contributed by atoms with E-state index in [1.165, 1.54) is 0 Å². The molecule has 0 saturated carbocycles. The SMILES string of the molecule is CCCN(CCC)C(=O)c1ccc2c(c1)nc(Cl)n2C(C)C. The summed E-state index contributed by atoms with van der Waals surface area (Å²) in [6.45, 7) is 9.87. The number of imidazole rings is 1. The number of rotatable bonds is 6. The molecule has 0 aliphatic carbocycles. The Bertz CT molecular complexity index is 657. The molecule has 1 aromatic heterocycles. The average molecular weight is 322 g/mol. The fourth-order valence-electron chi connectivity index (χ4n) is 2.73. The Balaban J connectivity index is 2.38. The van der Waals surface area contributed by atoms with Crippen LogP contribution >= 0.6 is 11.6 Å². The van der Waals surface area contributed by atoms with Gasteiger partial charge >= 0.3 is 0 Å².